The summed E-state index contributed by atoms with van der Waals surface area (Å²) in [6.45, 7) is 4.77. The fourth-order valence-electron chi connectivity index (χ4n) is 3.90. The van der Waals surface area contributed by atoms with Crippen molar-refractivity contribution >= 4 is 29.2 Å². The van der Waals surface area contributed by atoms with Crippen molar-refractivity contribution in [3.8, 4) is 0 Å². The van der Waals surface area contributed by atoms with Crippen LogP contribution in [0.4, 0.5) is 5.69 Å². The number of hydrogen-bond donors (Lipinski definition) is 1. The highest BCUT2D eigenvalue weighted by molar-refractivity contribution is 6.30. The van der Waals surface area contributed by atoms with Crippen LogP contribution in [0, 0.1) is 0 Å². The number of nitrogens with zero attached hydrogens (tertiary/aromatic N) is 4. The van der Waals surface area contributed by atoms with Crippen molar-refractivity contribution in [1.82, 2.24) is 9.80 Å². The summed E-state index contributed by atoms with van der Waals surface area (Å²) >= 11 is 5.97. The number of amides is 1. The van der Waals surface area contributed by atoms with E-state index in [-0.39, 0.29) is 12.5 Å². The lowest BCUT2D eigenvalue weighted by Crippen LogP contribution is -2.51. The number of rotatable bonds is 3. The monoisotopic (exact) mass is 411 g/mol. The Bertz CT molecular complexity index is 890. The molecule has 0 atom stereocenters. The average Bonchev–Trinajstić information content (AvgIpc) is 2.77. The third-order valence-electron chi connectivity index (χ3n) is 5.66. The van der Waals surface area contributed by atoms with E-state index in [9.17, 15) is 4.79 Å². The van der Waals surface area contributed by atoms with Crippen LogP contribution in [0.25, 0.3) is 0 Å². The van der Waals surface area contributed by atoms with Gasteiger partial charge in [0.05, 0.1) is 0 Å². The van der Waals surface area contributed by atoms with Crippen LogP contribution in [-0.4, -0.2) is 60.9 Å². The second kappa shape index (κ2) is 8.74. The number of anilines is 1. The van der Waals surface area contributed by atoms with Crippen LogP contribution in [0.3, 0.4) is 0 Å². The van der Waals surface area contributed by atoms with Crippen molar-refractivity contribution in [2.45, 2.75) is 13.0 Å². The number of fused-ring (bicyclic) bond motifs is 1. The van der Waals surface area contributed by atoms with Crippen molar-refractivity contribution in [3.63, 3.8) is 0 Å². The van der Waals surface area contributed by atoms with Crippen molar-refractivity contribution in [1.29, 1.82) is 0 Å². The molecule has 0 spiro atoms. The lowest BCUT2D eigenvalue weighted by atomic mass is 10.00. The Morgan fingerprint density at radius 1 is 0.931 bits per heavy atom. The van der Waals surface area contributed by atoms with Crippen LogP contribution >= 0.6 is 11.6 Å². The highest BCUT2D eigenvalue weighted by atomic mass is 35.5. The van der Waals surface area contributed by atoms with E-state index in [1.807, 2.05) is 46.2 Å². The summed E-state index contributed by atoms with van der Waals surface area (Å²) in [5.74, 6) is 0.480. The minimum absolute atomic E-state index is 0.0299. The smallest absolute Gasteiger partial charge is 0.244 e. The van der Waals surface area contributed by atoms with Crippen LogP contribution in [-0.2, 0) is 17.8 Å². The van der Waals surface area contributed by atoms with Gasteiger partial charge < -0.3 is 20.4 Å². The highest BCUT2D eigenvalue weighted by Crippen LogP contribution is 2.20. The van der Waals surface area contributed by atoms with Gasteiger partial charge in [-0.15, -0.1) is 0 Å². The molecule has 0 saturated carbocycles. The highest BCUT2D eigenvalue weighted by Gasteiger charge is 2.21. The van der Waals surface area contributed by atoms with E-state index in [1.54, 1.807) is 0 Å². The molecule has 2 aliphatic heterocycles. The number of aliphatic imine (C=N–C) groups is 1. The molecule has 1 amide bonds. The van der Waals surface area contributed by atoms with Gasteiger partial charge in [-0.1, -0.05) is 35.9 Å². The number of piperazine rings is 1. The zero-order chi connectivity index (χ0) is 20.2. The average molecular weight is 412 g/mol. The normalized spacial score (nSPS) is 17.3. The first-order valence-corrected chi connectivity index (χ1v) is 10.4. The van der Waals surface area contributed by atoms with Gasteiger partial charge in [-0.3, -0.25) is 4.79 Å². The molecule has 4 rings (SSSR count). The molecule has 0 aliphatic carbocycles. The second-order valence-corrected chi connectivity index (χ2v) is 7.90. The minimum Gasteiger partial charge on any atom is -0.370 e. The summed E-state index contributed by atoms with van der Waals surface area (Å²) in [4.78, 5) is 23.2. The van der Waals surface area contributed by atoms with Gasteiger partial charge in [-0.05, 0) is 41.8 Å². The number of nitrogens with two attached hydrogens (primary N) is 1. The fraction of sp³-hybridized carbons (Fsp3) is 0.364. The van der Waals surface area contributed by atoms with E-state index in [4.69, 9.17) is 17.3 Å². The van der Waals surface area contributed by atoms with Crippen molar-refractivity contribution in [2.75, 3.05) is 44.2 Å². The topological polar surface area (TPSA) is 65.2 Å². The standard InChI is InChI=1S/C22H26ClN5O/c23-19-5-7-20(8-6-19)26-11-13-27(14-12-26)22(24)25-15-21(29)28-10-9-17-3-1-2-4-18(17)16-28/h1-8H,9-16H2,(H2,24,25). The Kier molecular flexibility index (Phi) is 5.90. The summed E-state index contributed by atoms with van der Waals surface area (Å²) in [7, 11) is 0. The SMILES string of the molecule is NC(=NCC(=O)N1CCc2ccccc2C1)N1CCN(c2ccc(Cl)cc2)CC1. The molecule has 0 radical (unpaired) electrons. The Morgan fingerprint density at radius 3 is 2.34 bits per heavy atom. The Balaban J connectivity index is 1.28. The Labute approximate surface area is 176 Å². The number of hydrogen-bond acceptors (Lipinski definition) is 3. The van der Waals surface area contributed by atoms with Gasteiger partial charge in [0.25, 0.3) is 0 Å². The van der Waals surface area contributed by atoms with Gasteiger partial charge in [-0.25, -0.2) is 4.99 Å². The number of carbonyl (C=O) groups excluding carboxylic acids is 1. The van der Waals surface area contributed by atoms with Gasteiger partial charge in [0.1, 0.15) is 6.54 Å². The molecule has 2 N–H and O–H groups in total. The molecule has 1 fully saturated rings. The van der Waals surface area contributed by atoms with Gasteiger partial charge in [-0.2, -0.15) is 0 Å². The molecule has 0 unspecified atom stereocenters. The van der Waals surface area contributed by atoms with Crippen molar-refractivity contribution < 1.29 is 4.79 Å². The van der Waals surface area contributed by atoms with Gasteiger partial charge >= 0.3 is 0 Å². The summed E-state index contributed by atoms with van der Waals surface area (Å²) in [5.41, 5.74) is 9.89. The molecule has 7 heteroatoms. The van der Waals surface area contributed by atoms with Crippen LogP contribution in [0.15, 0.2) is 53.5 Å². The zero-order valence-electron chi connectivity index (χ0n) is 16.4. The predicted molar refractivity (Wildman–Crippen MR) is 117 cm³/mol. The quantitative estimate of drug-likeness (QED) is 0.622. The van der Waals surface area contributed by atoms with E-state index < -0.39 is 0 Å². The molecular formula is C22H26ClN5O. The molecule has 2 aliphatic rings. The third kappa shape index (κ3) is 4.65. The molecule has 6 nitrogen and oxygen atoms in total. The van der Waals surface area contributed by atoms with E-state index in [2.05, 4.69) is 22.0 Å². The summed E-state index contributed by atoms with van der Waals surface area (Å²) in [6.07, 6.45) is 0.897. The van der Waals surface area contributed by atoms with Gasteiger partial charge in [0, 0.05) is 50.0 Å². The lowest BCUT2D eigenvalue weighted by Gasteiger charge is -2.36. The maximum absolute atomic E-state index is 12.6. The van der Waals surface area contributed by atoms with Crippen LogP contribution in [0.5, 0.6) is 0 Å². The first-order valence-electron chi connectivity index (χ1n) is 10.00. The molecule has 0 aromatic heterocycles. The maximum atomic E-state index is 12.6. The van der Waals surface area contributed by atoms with Crippen LogP contribution in [0.2, 0.25) is 5.02 Å². The fourth-order valence-corrected chi connectivity index (χ4v) is 4.03. The van der Waals surface area contributed by atoms with E-state index in [0.717, 1.165) is 49.9 Å². The molecule has 2 aromatic rings. The second-order valence-electron chi connectivity index (χ2n) is 7.46. The van der Waals surface area contributed by atoms with E-state index >= 15 is 0 Å². The summed E-state index contributed by atoms with van der Waals surface area (Å²) in [5, 5.41) is 0.741. The maximum Gasteiger partial charge on any atom is 0.244 e. The largest absolute Gasteiger partial charge is 0.370 e. The molecule has 0 bridgehead atoms. The van der Waals surface area contributed by atoms with E-state index in [1.165, 1.54) is 11.1 Å². The van der Waals surface area contributed by atoms with Crippen molar-refractivity contribution in [2.24, 2.45) is 10.7 Å². The Hall–Kier alpha value is -2.73. The number of benzene rings is 2. The predicted octanol–water partition coefficient (Wildman–Crippen LogP) is 2.36. The van der Waals surface area contributed by atoms with Crippen molar-refractivity contribution in [3.05, 3.63) is 64.7 Å². The molecule has 1 saturated heterocycles. The Morgan fingerprint density at radius 2 is 1.62 bits per heavy atom. The zero-order valence-corrected chi connectivity index (χ0v) is 17.2. The molecule has 29 heavy (non-hydrogen) atoms. The molecular weight excluding hydrogens is 386 g/mol. The number of halogens is 1. The number of carbonyl (C=O) groups is 1. The van der Waals surface area contributed by atoms with E-state index in [0.29, 0.717) is 12.5 Å². The lowest BCUT2D eigenvalue weighted by molar-refractivity contribution is -0.130. The van der Waals surface area contributed by atoms with Crippen LogP contribution in [0.1, 0.15) is 11.1 Å². The number of guanidine groups is 1. The molecule has 2 heterocycles. The summed E-state index contributed by atoms with van der Waals surface area (Å²) in [6, 6.07) is 16.2. The van der Waals surface area contributed by atoms with Crippen LogP contribution < -0.4 is 10.6 Å². The first-order chi connectivity index (χ1) is 14.1. The molecule has 152 valence electrons. The van der Waals surface area contributed by atoms with Gasteiger partial charge in [0.2, 0.25) is 5.91 Å². The third-order valence-corrected chi connectivity index (χ3v) is 5.91. The summed E-state index contributed by atoms with van der Waals surface area (Å²) < 4.78 is 0. The van der Waals surface area contributed by atoms with Gasteiger partial charge in [0.15, 0.2) is 5.96 Å². The first kappa shape index (κ1) is 19.6. The molecule has 2 aromatic carbocycles. The minimum atomic E-state index is 0.0299.